The molecule has 1 rings (SSSR count). The highest BCUT2D eigenvalue weighted by atomic mass is 127. The third kappa shape index (κ3) is 5.38. The maximum absolute atomic E-state index is 13.8. The average Bonchev–Trinajstić information content (AvgIpc) is 2.38. The van der Waals surface area contributed by atoms with E-state index in [0.29, 0.717) is 10.0 Å². The molecule has 1 nitrogen and oxygen atoms in total. The Morgan fingerprint density at radius 3 is 2.47 bits per heavy atom. The summed E-state index contributed by atoms with van der Waals surface area (Å²) in [5.74, 6) is -4.57. The van der Waals surface area contributed by atoms with Crippen LogP contribution in [0.5, 0.6) is 0 Å². The molecule has 1 aromatic rings. The molecule has 0 fully saturated rings. The number of carbonyl (C=O) groups excluding carboxylic acids is 1. The lowest BCUT2D eigenvalue weighted by atomic mass is 10.0. The second-order valence-electron chi connectivity index (χ2n) is 4.37. The van der Waals surface area contributed by atoms with Gasteiger partial charge in [0.15, 0.2) is 0 Å². The summed E-state index contributed by atoms with van der Waals surface area (Å²) in [5.41, 5.74) is 0.0431. The van der Waals surface area contributed by atoms with Gasteiger partial charge in [-0.3, -0.25) is 4.79 Å². The van der Waals surface area contributed by atoms with Gasteiger partial charge < -0.3 is 0 Å². The summed E-state index contributed by atoms with van der Waals surface area (Å²) in [7, 11) is 0. The second-order valence-corrected chi connectivity index (χ2v) is 5.75. The van der Waals surface area contributed by atoms with Gasteiger partial charge in [-0.1, -0.05) is 50.1 Å². The summed E-state index contributed by atoms with van der Waals surface area (Å²) in [6, 6.07) is 7.68. The molecule has 0 saturated heterocycles. The van der Waals surface area contributed by atoms with Crippen LogP contribution in [0.1, 0.15) is 43.0 Å². The number of ketones is 1. The van der Waals surface area contributed by atoms with Gasteiger partial charge in [0.2, 0.25) is 5.78 Å². The van der Waals surface area contributed by atoms with Crippen LogP contribution in [0.3, 0.4) is 0 Å². The fourth-order valence-electron chi connectivity index (χ4n) is 1.66. The van der Waals surface area contributed by atoms with E-state index in [0.717, 1.165) is 25.3 Å². The Hall–Kier alpha value is -0.780. The highest BCUT2D eigenvalue weighted by molar-refractivity contribution is 14.1. The largest absolute Gasteiger partial charge is 0.329 e. The Kier molecular flexibility index (Phi) is 6.62. The van der Waals surface area contributed by atoms with Crippen LogP contribution in [0.4, 0.5) is 8.78 Å². The van der Waals surface area contributed by atoms with Crippen LogP contribution in [-0.4, -0.2) is 11.7 Å². The summed E-state index contributed by atoms with van der Waals surface area (Å²) in [5, 5.41) is 0. The minimum Gasteiger partial charge on any atom is -0.287 e. The fraction of sp³-hybridized carbons (Fsp3) is 0.400. The first-order valence-corrected chi connectivity index (χ1v) is 7.40. The molecule has 0 unspecified atom stereocenters. The zero-order valence-electron chi connectivity index (χ0n) is 10.8. The molecule has 0 aliphatic carbocycles. The quantitative estimate of drug-likeness (QED) is 0.353. The van der Waals surface area contributed by atoms with Crippen molar-refractivity contribution in [3.63, 3.8) is 0 Å². The summed E-state index contributed by atoms with van der Waals surface area (Å²) in [6.45, 7) is 2.06. The molecule has 0 aliphatic rings. The maximum atomic E-state index is 13.8. The standard InChI is InChI=1S/C15H17F2IO/c1-2-3-5-10-13(18)11-15(16,17)14(19)12-8-6-4-7-9-12/h4,6-9,11H,2-3,5,10H2,1H3/b13-11+. The molecule has 1 aromatic carbocycles. The number of carbonyl (C=O) groups is 1. The Morgan fingerprint density at radius 1 is 1.26 bits per heavy atom. The predicted molar refractivity (Wildman–Crippen MR) is 82.0 cm³/mol. The van der Waals surface area contributed by atoms with E-state index in [1.54, 1.807) is 18.2 Å². The lowest BCUT2D eigenvalue weighted by Gasteiger charge is -2.11. The predicted octanol–water partition coefficient (Wildman–Crippen LogP) is 5.40. The van der Waals surface area contributed by atoms with Crippen molar-refractivity contribution < 1.29 is 13.6 Å². The van der Waals surface area contributed by atoms with E-state index in [1.807, 2.05) is 22.6 Å². The normalized spacial score (nSPS) is 12.5. The SMILES string of the molecule is CCCCC/C(I)=C\C(F)(F)C(=O)c1ccccc1. The lowest BCUT2D eigenvalue weighted by molar-refractivity contribution is 0.0379. The third-order valence-electron chi connectivity index (χ3n) is 2.70. The molecule has 0 radical (unpaired) electrons. The van der Waals surface area contributed by atoms with Crippen LogP contribution in [0.2, 0.25) is 0 Å². The van der Waals surface area contributed by atoms with E-state index in [-0.39, 0.29) is 5.56 Å². The molecule has 4 heteroatoms. The van der Waals surface area contributed by atoms with Crippen molar-refractivity contribution in [3.05, 3.63) is 45.6 Å². The number of unbranched alkanes of at least 4 members (excludes halogenated alkanes) is 2. The number of benzene rings is 1. The first-order valence-electron chi connectivity index (χ1n) is 6.32. The number of hydrogen-bond donors (Lipinski definition) is 0. The zero-order valence-corrected chi connectivity index (χ0v) is 13.0. The lowest BCUT2D eigenvalue weighted by Crippen LogP contribution is -2.26. The molecule has 104 valence electrons. The molecule has 0 aliphatic heterocycles. The summed E-state index contributed by atoms with van der Waals surface area (Å²) in [4.78, 5) is 11.7. The first-order chi connectivity index (χ1) is 8.97. The molecular weight excluding hydrogens is 361 g/mol. The van der Waals surface area contributed by atoms with E-state index in [9.17, 15) is 13.6 Å². The highest BCUT2D eigenvalue weighted by Crippen LogP contribution is 2.27. The molecule has 0 saturated carbocycles. The van der Waals surface area contributed by atoms with Crippen molar-refractivity contribution in [1.82, 2.24) is 0 Å². The highest BCUT2D eigenvalue weighted by Gasteiger charge is 2.36. The third-order valence-corrected chi connectivity index (χ3v) is 3.55. The smallest absolute Gasteiger partial charge is 0.287 e. The molecular formula is C15H17F2IO. The molecule has 0 heterocycles. The molecule has 0 atom stereocenters. The van der Waals surface area contributed by atoms with E-state index < -0.39 is 11.7 Å². The first kappa shape index (κ1) is 16.3. The minimum atomic E-state index is -3.43. The molecule has 19 heavy (non-hydrogen) atoms. The van der Waals surface area contributed by atoms with Crippen LogP contribution in [0, 0.1) is 0 Å². The van der Waals surface area contributed by atoms with Crippen LogP contribution < -0.4 is 0 Å². The monoisotopic (exact) mass is 378 g/mol. The van der Waals surface area contributed by atoms with Gasteiger partial charge in [-0.25, -0.2) is 0 Å². The zero-order chi connectivity index (χ0) is 14.3. The fourth-order valence-corrected chi connectivity index (χ4v) is 2.43. The summed E-state index contributed by atoms with van der Waals surface area (Å²) in [6.07, 6.45) is 4.33. The maximum Gasteiger partial charge on any atom is 0.329 e. The Morgan fingerprint density at radius 2 is 1.89 bits per heavy atom. The molecule has 0 amide bonds. The van der Waals surface area contributed by atoms with Gasteiger partial charge in [-0.2, -0.15) is 8.78 Å². The molecule has 0 bridgehead atoms. The minimum absolute atomic E-state index is 0.0431. The van der Waals surface area contributed by atoms with Crippen LogP contribution in [0.15, 0.2) is 40.0 Å². The van der Waals surface area contributed by atoms with Crippen molar-refractivity contribution in [2.45, 2.75) is 38.5 Å². The molecule has 0 N–H and O–H groups in total. The van der Waals surface area contributed by atoms with Gasteiger partial charge in [-0.15, -0.1) is 0 Å². The van der Waals surface area contributed by atoms with Crippen molar-refractivity contribution in [3.8, 4) is 0 Å². The van der Waals surface area contributed by atoms with Crippen LogP contribution in [-0.2, 0) is 0 Å². The van der Waals surface area contributed by atoms with Crippen molar-refractivity contribution in [2.75, 3.05) is 0 Å². The Balaban J connectivity index is 2.74. The van der Waals surface area contributed by atoms with E-state index in [2.05, 4.69) is 6.92 Å². The number of hydrogen-bond acceptors (Lipinski definition) is 1. The van der Waals surface area contributed by atoms with E-state index >= 15 is 0 Å². The molecule has 0 aromatic heterocycles. The van der Waals surface area contributed by atoms with Crippen LogP contribution in [0.25, 0.3) is 0 Å². The Labute approximate surface area is 126 Å². The Bertz CT molecular complexity index is 441. The topological polar surface area (TPSA) is 17.1 Å². The number of alkyl halides is 2. The van der Waals surface area contributed by atoms with Gasteiger partial charge in [0.25, 0.3) is 0 Å². The molecule has 0 spiro atoms. The van der Waals surface area contributed by atoms with Gasteiger partial charge in [-0.05, 0) is 39.0 Å². The number of halogens is 3. The van der Waals surface area contributed by atoms with Crippen molar-refractivity contribution in [1.29, 1.82) is 0 Å². The van der Waals surface area contributed by atoms with Crippen molar-refractivity contribution >= 4 is 28.4 Å². The number of rotatable bonds is 7. The van der Waals surface area contributed by atoms with Gasteiger partial charge >= 0.3 is 5.92 Å². The van der Waals surface area contributed by atoms with Gasteiger partial charge in [0, 0.05) is 11.6 Å². The number of allylic oxidation sites excluding steroid dienone is 2. The number of Topliss-reactive ketones (excluding diaryl/α,β-unsaturated/α-hetero) is 1. The average molecular weight is 378 g/mol. The summed E-state index contributed by atoms with van der Waals surface area (Å²) >= 11 is 1.89. The van der Waals surface area contributed by atoms with E-state index in [4.69, 9.17) is 0 Å². The van der Waals surface area contributed by atoms with Gasteiger partial charge in [0.1, 0.15) is 0 Å². The van der Waals surface area contributed by atoms with Crippen LogP contribution >= 0.6 is 22.6 Å². The van der Waals surface area contributed by atoms with Gasteiger partial charge in [0.05, 0.1) is 0 Å². The second kappa shape index (κ2) is 7.72. The van der Waals surface area contributed by atoms with E-state index in [1.165, 1.54) is 12.1 Å². The van der Waals surface area contributed by atoms with Crippen molar-refractivity contribution in [2.24, 2.45) is 0 Å². The summed E-state index contributed by atoms with van der Waals surface area (Å²) < 4.78 is 28.2.